The Morgan fingerprint density at radius 3 is 1.23 bits per heavy atom. The molecule has 0 radical (unpaired) electrons. The molecule has 2 unspecified atom stereocenters. The summed E-state index contributed by atoms with van der Waals surface area (Å²) in [5, 5.41) is 9.40. The van der Waals surface area contributed by atoms with E-state index in [4.69, 9.17) is 21.7 Å². The van der Waals surface area contributed by atoms with Crippen LogP contribution in [0.25, 0.3) is 0 Å². The summed E-state index contributed by atoms with van der Waals surface area (Å²) in [4.78, 5) is 24.2. The second kappa shape index (κ2) is 14.9. The first-order chi connectivity index (χ1) is 24.6. The first-order valence-electron chi connectivity index (χ1n) is 18.3. The molecule has 2 aromatic heterocycles. The van der Waals surface area contributed by atoms with Crippen LogP contribution in [-0.2, 0) is 28.7 Å². The highest BCUT2D eigenvalue weighted by molar-refractivity contribution is 5.89. The van der Waals surface area contributed by atoms with Gasteiger partial charge in [0.2, 0.25) is 0 Å². The minimum atomic E-state index is -0.502. The third-order valence-corrected chi connectivity index (χ3v) is 10.5. The Bertz CT molecular complexity index is 1680. The van der Waals surface area contributed by atoms with Crippen LogP contribution in [0.15, 0.2) is 60.9 Å². The van der Waals surface area contributed by atoms with Crippen molar-refractivity contribution in [2.75, 3.05) is 73.6 Å². The molecule has 52 heavy (non-hydrogen) atoms. The Morgan fingerprint density at radius 2 is 0.942 bits per heavy atom. The fraction of sp³-hybridized carbons (Fsp3) is 0.513. The molecular formula is C39H54F2N10O. The highest BCUT2D eigenvalue weighted by Gasteiger charge is 2.39. The van der Waals surface area contributed by atoms with E-state index in [1.807, 2.05) is 21.8 Å². The lowest BCUT2D eigenvalue weighted by Gasteiger charge is -2.43. The molecule has 2 saturated heterocycles. The van der Waals surface area contributed by atoms with E-state index in [9.17, 15) is 8.78 Å². The molecule has 2 aliphatic rings. The van der Waals surface area contributed by atoms with Gasteiger partial charge in [-0.25, -0.2) is 8.78 Å². The highest BCUT2D eigenvalue weighted by atomic mass is 19.1. The van der Waals surface area contributed by atoms with Gasteiger partial charge in [-0.05, 0) is 59.4 Å². The van der Waals surface area contributed by atoms with Gasteiger partial charge >= 0.3 is 0 Å². The number of ketones is 1. The minimum absolute atomic E-state index is 0.0863. The fourth-order valence-electron chi connectivity index (χ4n) is 7.45. The van der Waals surface area contributed by atoms with E-state index in [1.165, 1.54) is 24.3 Å². The van der Waals surface area contributed by atoms with Gasteiger partial charge in [0.05, 0.1) is 25.2 Å². The second-order valence-corrected chi connectivity index (χ2v) is 16.2. The van der Waals surface area contributed by atoms with E-state index in [0.29, 0.717) is 77.1 Å². The summed E-state index contributed by atoms with van der Waals surface area (Å²) in [5.74, 6) is 0.492. The van der Waals surface area contributed by atoms with Gasteiger partial charge in [-0.1, -0.05) is 41.5 Å². The van der Waals surface area contributed by atoms with E-state index in [0.717, 1.165) is 22.5 Å². The third-order valence-electron chi connectivity index (χ3n) is 10.5. The number of halogens is 2. The number of hydrogen-bond donors (Lipinski definition) is 2. The van der Waals surface area contributed by atoms with E-state index in [-0.39, 0.29) is 28.2 Å². The van der Waals surface area contributed by atoms with Gasteiger partial charge < -0.3 is 21.3 Å². The average molecular weight is 717 g/mol. The van der Waals surface area contributed by atoms with Crippen LogP contribution in [-0.4, -0.2) is 99.6 Å². The third kappa shape index (κ3) is 8.42. The number of benzene rings is 2. The van der Waals surface area contributed by atoms with Crippen LogP contribution in [0.2, 0.25) is 0 Å². The normalized spacial score (nSPS) is 17.8. The minimum Gasteiger partial charge on any atom is -0.382 e. The number of piperazine rings is 2. The van der Waals surface area contributed by atoms with Crippen molar-refractivity contribution in [3.05, 3.63) is 83.7 Å². The van der Waals surface area contributed by atoms with Crippen molar-refractivity contribution in [3.8, 4) is 0 Å². The summed E-state index contributed by atoms with van der Waals surface area (Å²) in [7, 11) is 0. The van der Waals surface area contributed by atoms with Crippen LogP contribution >= 0.6 is 0 Å². The first-order valence-corrected chi connectivity index (χ1v) is 18.3. The van der Waals surface area contributed by atoms with Crippen LogP contribution in [0.5, 0.6) is 0 Å². The number of nitrogens with zero attached hydrogens (tertiary/aromatic N) is 8. The molecule has 0 spiro atoms. The van der Waals surface area contributed by atoms with E-state index < -0.39 is 12.1 Å². The Labute approximate surface area is 306 Å². The van der Waals surface area contributed by atoms with Crippen LogP contribution in [0.3, 0.4) is 0 Å². The Hall–Kier alpha value is -4.49. The topological polar surface area (TPSA) is 118 Å². The van der Waals surface area contributed by atoms with Crippen molar-refractivity contribution >= 4 is 28.8 Å². The summed E-state index contributed by atoms with van der Waals surface area (Å²) in [6, 6.07) is 12.1. The van der Waals surface area contributed by atoms with Gasteiger partial charge in [0.1, 0.15) is 23.3 Å². The molecule has 2 aliphatic heterocycles. The van der Waals surface area contributed by atoms with Gasteiger partial charge in [0, 0.05) is 87.3 Å². The molecule has 2 aromatic carbocycles. The number of carbonyl (C=O) groups is 1. The van der Waals surface area contributed by atoms with Crippen molar-refractivity contribution < 1.29 is 13.6 Å². The van der Waals surface area contributed by atoms with E-state index >= 15 is 4.79 Å². The molecule has 11 nitrogen and oxygen atoms in total. The lowest BCUT2D eigenvalue weighted by atomic mass is 9.89. The molecule has 0 amide bonds. The SMILES string of the molecule is CC(C)(C)c1cn(CC(C(=O)C(Cn2cc(C(C)(C)C)c(N)n2)N2CCN(c3ccc(F)cc3)CC2)N2CCN(c3ccc(F)cc3)CC2)nc1N. The molecule has 0 bridgehead atoms. The fourth-order valence-corrected chi connectivity index (χ4v) is 7.45. The molecule has 13 heteroatoms. The van der Waals surface area contributed by atoms with Crippen molar-refractivity contribution in [3.63, 3.8) is 0 Å². The predicted octanol–water partition coefficient (Wildman–Crippen LogP) is 4.77. The summed E-state index contributed by atoms with van der Waals surface area (Å²) >= 11 is 0. The molecule has 6 rings (SSSR count). The largest absolute Gasteiger partial charge is 0.382 e. The molecule has 2 fully saturated rings. The van der Waals surface area contributed by atoms with Gasteiger partial charge in [-0.3, -0.25) is 24.0 Å². The van der Waals surface area contributed by atoms with E-state index in [1.54, 1.807) is 24.3 Å². The average Bonchev–Trinajstić information content (AvgIpc) is 3.68. The molecular weight excluding hydrogens is 662 g/mol. The molecule has 4 heterocycles. The lowest BCUT2D eigenvalue weighted by Crippen LogP contribution is -2.61. The molecule has 0 saturated carbocycles. The Balaban J connectivity index is 1.30. The van der Waals surface area contributed by atoms with Crippen LogP contribution in [0, 0.1) is 11.6 Å². The smallest absolute Gasteiger partial charge is 0.170 e. The number of carbonyl (C=O) groups excluding carboxylic acids is 1. The molecule has 0 aliphatic carbocycles. The monoisotopic (exact) mass is 716 g/mol. The van der Waals surface area contributed by atoms with Crippen molar-refractivity contribution in [2.24, 2.45) is 0 Å². The molecule has 4 aromatic rings. The van der Waals surface area contributed by atoms with Crippen LogP contribution < -0.4 is 21.3 Å². The standard InChI is InChI=1S/C39H54F2N10O/c1-38(2,3)31-23-50(44-36(31)42)25-33(48-19-15-46(16-20-48)29-11-7-27(40)8-12-29)35(52)34(26-51-24-32(37(43)45-51)39(4,5)6)49-21-17-47(18-22-49)30-13-9-28(41)10-14-30/h7-14,23-24,33-34H,15-22,25-26H2,1-6H3,(H2,42,44)(H2,43,45). The summed E-state index contributed by atoms with van der Waals surface area (Å²) < 4.78 is 31.1. The van der Waals surface area contributed by atoms with Crippen molar-refractivity contribution in [1.82, 2.24) is 29.4 Å². The van der Waals surface area contributed by atoms with Gasteiger partial charge in [-0.15, -0.1) is 0 Å². The number of aromatic nitrogens is 4. The Morgan fingerprint density at radius 1 is 0.615 bits per heavy atom. The number of hydrogen-bond acceptors (Lipinski definition) is 9. The lowest BCUT2D eigenvalue weighted by molar-refractivity contribution is -0.131. The first kappa shape index (κ1) is 37.3. The summed E-state index contributed by atoms with van der Waals surface area (Å²) in [6.07, 6.45) is 3.95. The molecule has 2 atom stereocenters. The van der Waals surface area contributed by atoms with Gasteiger partial charge in [-0.2, -0.15) is 10.2 Å². The number of rotatable bonds is 10. The predicted molar refractivity (Wildman–Crippen MR) is 204 cm³/mol. The highest BCUT2D eigenvalue weighted by Crippen LogP contribution is 2.29. The molecule has 4 N–H and O–H groups in total. The van der Waals surface area contributed by atoms with Gasteiger partial charge in [0.15, 0.2) is 5.78 Å². The second-order valence-electron chi connectivity index (χ2n) is 16.2. The Kier molecular flexibility index (Phi) is 10.7. The number of anilines is 4. The number of nitrogen functional groups attached to an aromatic ring is 2. The number of nitrogens with two attached hydrogens (primary N) is 2. The zero-order chi connectivity index (χ0) is 37.4. The molecule has 280 valence electrons. The zero-order valence-corrected chi connectivity index (χ0v) is 31.4. The quantitative estimate of drug-likeness (QED) is 0.240. The van der Waals surface area contributed by atoms with Gasteiger partial charge in [0.25, 0.3) is 0 Å². The number of Topliss-reactive ketones (excluding diaryl/α,β-unsaturated/α-hetero) is 1. The maximum absolute atomic E-state index is 15.3. The summed E-state index contributed by atoms with van der Waals surface area (Å²) in [6.45, 7) is 18.6. The maximum Gasteiger partial charge on any atom is 0.170 e. The van der Waals surface area contributed by atoms with Crippen LogP contribution in [0.1, 0.15) is 52.7 Å². The van der Waals surface area contributed by atoms with Crippen molar-refractivity contribution in [2.45, 2.75) is 77.5 Å². The van der Waals surface area contributed by atoms with Crippen LogP contribution in [0.4, 0.5) is 31.8 Å². The van der Waals surface area contributed by atoms with Crippen molar-refractivity contribution in [1.29, 1.82) is 0 Å². The van der Waals surface area contributed by atoms with E-state index in [2.05, 4.69) is 61.1 Å². The maximum atomic E-state index is 15.3. The summed E-state index contributed by atoms with van der Waals surface area (Å²) in [5.41, 5.74) is 16.2. The zero-order valence-electron chi connectivity index (χ0n) is 31.4.